The zero-order chi connectivity index (χ0) is 14.9. The van der Waals surface area contributed by atoms with Crippen molar-refractivity contribution in [1.29, 1.82) is 0 Å². The van der Waals surface area contributed by atoms with Crippen LogP contribution in [-0.2, 0) is 0 Å². The zero-order valence-corrected chi connectivity index (χ0v) is 12.6. The Labute approximate surface area is 125 Å². The van der Waals surface area contributed by atoms with Crippen LogP contribution in [0.15, 0.2) is 30.3 Å². The molecule has 0 saturated heterocycles. The summed E-state index contributed by atoms with van der Waals surface area (Å²) in [6, 6.07) is 9.62. The molecule has 1 aliphatic rings. The van der Waals surface area contributed by atoms with Gasteiger partial charge < -0.3 is 10.6 Å². The first-order chi connectivity index (χ1) is 10.1. The maximum Gasteiger partial charge on any atom is 0.252 e. The molecule has 0 atom stereocenters. The van der Waals surface area contributed by atoms with Gasteiger partial charge in [0.1, 0.15) is 5.82 Å². The van der Waals surface area contributed by atoms with E-state index in [0.717, 1.165) is 29.8 Å². The molecule has 1 heterocycles. The van der Waals surface area contributed by atoms with Crippen molar-refractivity contribution in [2.75, 3.05) is 18.4 Å². The molecule has 0 radical (unpaired) electrons. The number of hydrogen-bond acceptors (Lipinski definition) is 3. The van der Waals surface area contributed by atoms with Crippen LogP contribution in [0.5, 0.6) is 0 Å². The van der Waals surface area contributed by atoms with Crippen molar-refractivity contribution < 1.29 is 4.79 Å². The van der Waals surface area contributed by atoms with Crippen molar-refractivity contribution >= 4 is 22.6 Å². The average Bonchev–Trinajstić information content (AvgIpc) is 3.22. The smallest absolute Gasteiger partial charge is 0.252 e. The summed E-state index contributed by atoms with van der Waals surface area (Å²) in [4.78, 5) is 17.1. The number of amides is 1. The van der Waals surface area contributed by atoms with Gasteiger partial charge in [-0.2, -0.15) is 0 Å². The molecule has 1 aromatic carbocycles. The van der Waals surface area contributed by atoms with E-state index in [0.29, 0.717) is 11.0 Å². The molecule has 1 saturated carbocycles. The molecule has 1 aromatic heterocycles. The minimum atomic E-state index is -0.0131. The number of nitrogens with zero attached hydrogens (tertiary/aromatic N) is 1. The molecule has 0 spiro atoms. The quantitative estimate of drug-likeness (QED) is 0.886. The number of para-hydroxylation sites is 1. The van der Waals surface area contributed by atoms with Crippen LogP contribution >= 0.6 is 0 Å². The van der Waals surface area contributed by atoms with Crippen molar-refractivity contribution in [2.24, 2.45) is 5.41 Å². The fourth-order valence-corrected chi connectivity index (χ4v) is 2.41. The lowest BCUT2D eigenvalue weighted by Gasteiger charge is -2.13. The summed E-state index contributed by atoms with van der Waals surface area (Å²) in [5, 5.41) is 7.16. The van der Waals surface area contributed by atoms with Crippen molar-refractivity contribution in [1.82, 2.24) is 10.3 Å². The normalized spacial score (nSPS) is 15.7. The van der Waals surface area contributed by atoms with Gasteiger partial charge in [-0.15, -0.1) is 0 Å². The van der Waals surface area contributed by atoms with Crippen molar-refractivity contribution in [3.05, 3.63) is 35.9 Å². The van der Waals surface area contributed by atoms with Gasteiger partial charge in [0.05, 0.1) is 11.1 Å². The number of carbonyl (C=O) groups is 1. The molecule has 4 heteroatoms. The summed E-state index contributed by atoms with van der Waals surface area (Å²) >= 11 is 0. The predicted molar refractivity (Wildman–Crippen MR) is 85.6 cm³/mol. The lowest BCUT2D eigenvalue weighted by molar-refractivity contribution is 0.0947. The Morgan fingerprint density at radius 1 is 1.33 bits per heavy atom. The number of fused-ring (bicyclic) bond motifs is 1. The summed E-state index contributed by atoms with van der Waals surface area (Å²) in [7, 11) is 0. The van der Waals surface area contributed by atoms with Gasteiger partial charge in [0.25, 0.3) is 5.91 Å². The van der Waals surface area contributed by atoms with Crippen LogP contribution in [-0.4, -0.2) is 24.0 Å². The Morgan fingerprint density at radius 2 is 2.10 bits per heavy atom. The Bertz CT molecular complexity index is 677. The van der Waals surface area contributed by atoms with E-state index in [1.807, 2.05) is 37.3 Å². The maximum atomic E-state index is 12.5. The third-order valence-corrected chi connectivity index (χ3v) is 4.10. The fraction of sp³-hybridized carbons (Fsp3) is 0.412. The standard InChI is InChI=1S/C17H21N3O/c1-3-18-15-10-13(12-6-4-5-7-14(12)20-15)16(21)19-11-17(2)8-9-17/h4-7,10H,3,8-9,11H2,1-2H3,(H,18,20)(H,19,21). The second kappa shape index (κ2) is 5.35. The van der Waals surface area contributed by atoms with E-state index >= 15 is 0 Å². The number of nitrogens with one attached hydrogen (secondary N) is 2. The van der Waals surface area contributed by atoms with E-state index in [1.54, 1.807) is 0 Å². The van der Waals surface area contributed by atoms with Gasteiger partial charge in [-0.05, 0) is 37.3 Å². The maximum absolute atomic E-state index is 12.5. The Kier molecular flexibility index (Phi) is 3.53. The summed E-state index contributed by atoms with van der Waals surface area (Å²) in [5.74, 6) is 0.736. The molecule has 1 aliphatic carbocycles. The molecular formula is C17H21N3O. The molecule has 2 aromatic rings. The minimum Gasteiger partial charge on any atom is -0.370 e. The van der Waals surface area contributed by atoms with E-state index in [-0.39, 0.29) is 5.91 Å². The van der Waals surface area contributed by atoms with Crippen LogP contribution in [0.1, 0.15) is 37.0 Å². The Balaban J connectivity index is 1.92. The van der Waals surface area contributed by atoms with Gasteiger partial charge in [0.2, 0.25) is 0 Å². The molecule has 2 N–H and O–H groups in total. The van der Waals surface area contributed by atoms with Gasteiger partial charge in [-0.25, -0.2) is 4.98 Å². The van der Waals surface area contributed by atoms with Gasteiger partial charge in [-0.3, -0.25) is 4.79 Å². The molecule has 0 bridgehead atoms. The fourth-order valence-electron chi connectivity index (χ4n) is 2.41. The zero-order valence-electron chi connectivity index (χ0n) is 12.6. The van der Waals surface area contributed by atoms with Crippen LogP contribution in [0.3, 0.4) is 0 Å². The average molecular weight is 283 g/mol. The molecule has 0 unspecified atom stereocenters. The van der Waals surface area contributed by atoms with Gasteiger partial charge >= 0.3 is 0 Å². The first kappa shape index (κ1) is 13.9. The van der Waals surface area contributed by atoms with Crippen LogP contribution in [0, 0.1) is 5.41 Å². The minimum absolute atomic E-state index is 0.0131. The number of pyridine rings is 1. The molecule has 3 rings (SSSR count). The lowest BCUT2D eigenvalue weighted by atomic mass is 10.1. The number of rotatable bonds is 5. The Morgan fingerprint density at radius 3 is 2.81 bits per heavy atom. The number of anilines is 1. The van der Waals surface area contributed by atoms with Crippen LogP contribution in [0.4, 0.5) is 5.82 Å². The molecule has 110 valence electrons. The summed E-state index contributed by atoms with van der Waals surface area (Å²) in [5.41, 5.74) is 1.85. The Hall–Kier alpha value is -2.10. The highest BCUT2D eigenvalue weighted by Crippen LogP contribution is 2.44. The summed E-state index contributed by atoms with van der Waals surface area (Å²) in [6.45, 7) is 5.76. The van der Waals surface area contributed by atoms with E-state index < -0.39 is 0 Å². The van der Waals surface area contributed by atoms with Crippen LogP contribution < -0.4 is 10.6 Å². The van der Waals surface area contributed by atoms with E-state index in [9.17, 15) is 4.79 Å². The van der Waals surface area contributed by atoms with Gasteiger partial charge in [0.15, 0.2) is 0 Å². The number of aromatic nitrogens is 1. The highest BCUT2D eigenvalue weighted by molar-refractivity contribution is 6.07. The largest absolute Gasteiger partial charge is 0.370 e. The third-order valence-electron chi connectivity index (χ3n) is 4.10. The van der Waals surface area contributed by atoms with Gasteiger partial charge in [-0.1, -0.05) is 25.1 Å². The number of hydrogen-bond donors (Lipinski definition) is 2. The van der Waals surface area contributed by atoms with E-state index in [2.05, 4.69) is 22.5 Å². The predicted octanol–water partition coefficient (Wildman–Crippen LogP) is 3.20. The summed E-state index contributed by atoms with van der Waals surface area (Å²) in [6.07, 6.45) is 2.40. The number of carbonyl (C=O) groups excluding carboxylic acids is 1. The molecular weight excluding hydrogens is 262 g/mol. The van der Waals surface area contributed by atoms with Crippen molar-refractivity contribution in [3.8, 4) is 0 Å². The highest BCUT2D eigenvalue weighted by Gasteiger charge is 2.37. The molecule has 1 amide bonds. The van der Waals surface area contributed by atoms with Crippen molar-refractivity contribution in [3.63, 3.8) is 0 Å². The molecule has 0 aliphatic heterocycles. The molecule has 4 nitrogen and oxygen atoms in total. The first-order valence-electron chi connectivity index (χ1n) is 7.53. The summed E-state index contributed by atoms with van der Waals surface area (Å²) < 4.78 is 0. The van der Waals surface area contributed by atoms with Crippen LogP contribution in [0.25, 0.3) is 10.9 Å². The third kappa shape index (κ3) is 2.99. The SMILES string of the molecule is CCNc1cc(C(=O)NCC2(C)CC2)c2ccccc2n1. The second-order valence-electron chi connectivity index (χ2n) is 6.10. The first-order valence-corrected chi connectivity index (χ1v) is 7.53. The second-order valence-corrected chi connectivity index (χ2v) is 6.10. The molecule has 21 heavy (non-hydrogen) atoms. The molecule has 1 fully saturated rings. The van der Waals surface area contributed by atoms with Gasteiger partial charge in [0, 0.05) is 18.5 Å². The topological polar surface area (TPSA) is 54.0 Å². The van der Waals surface area contributed by atoms with E-state index in [4.69, 9.17) is 0 Å². The van der Waals surface area contributed by atoms with Crippen LogP contribution in [0.2, 0.25) is 0 Å². The highest BCUT2D eigenvalue weighted by atomic mass is 16.1. The number of benzene rings is 1. The lowest BCUT2D eigenvalue weighted by Crippen LogP contribution is -2.29. The van der Waals surface area contributed by atoms with E-state index in [1.165, 1.54) is 12.8 Å². The van der Waals surface area contributed by atoms with Crippen molar-refractivity contribution in [2.45, 2.75) is 26.7 Å². The monoisotopic (exact) mass is 283 g/mol.